The third-order valence-electron chi connectivity index (χ3n) is 3.80. The molecule has 0 radical (unpaired) electrons. The number of carbonyl (C=O) groups is 4. The highest BCUT2D eigenvalue weighted by molar-refractivity contribution is 6.06. The number of hydrogen-bond acceptors (Lipinski definition) is 5. The topological polar surface area (TPSA) is 105 Å². The SMILES string of the molecule is CC1(C)NC(=O)N(CCCC(=O)OCC(=O)Nc2c(F)cccc2F)C1=O. The second kappa shape index (κ2) is 8.11. The molecule has 0 aliphatic carbocycles. The zero-order valence-electron chi connectivity index (χ0n) is 14.8. The number of anilines is 1. The number of halogens is 2. The van der Waals surface area contributed by atoms with Crippen LogP contribution < -0.4 is 10.6 Å². The molecule has 1 aliphatic heterocycles. The Morgan fingerprint density at radius 3 is 2.41 bits per heavy atom. The molecule has 1 fully saturated rings. The molecule has 0 aromatic heterocycles. The van der Waals surface area contributed by atoms with Crippen LogP contribution in [-0.4, -0.2) is 47.4 Å². The van der Waals surface area contributed by atoms with Crippen LogP contribution in [0.3, 0.4) is 0 Å². The summed E-state index contributed by atoms with van der Waals surface area (Å²) in [6, 6.07) is 2.56. The van der Waals surface area contributed by atoms with Crippen LogP contribution in [0.15, 0.2) is 18.2 Å². The van der Waals surface area contributed by atoms with Gasteiger partial charge in [0, 0.05) is 13.0 Å². The molecule has 146 valence electrons. The average Bonchev–Trinajstić information content (AvgIpc) is 2.78. The van der Waals surface area contributed by atoms with Gasteiger partial charge in [-0.15, -0.1) is 0 Å². The van der Waals surface area contributed by atoms with Crippen molar-refractivity contribution < 1.29 is 32.7 Å². The minimum atomic E-state index is -0.988. The minimum absolute atomic E-state index is 0.0236. The van der Waals surface area contributed by atoms with Crippen LogP contribution in [0.25, 0.3) is 0 Å². The van der Waals surface area contributed by atoms with Crippen molar-refractivity contribution in [1.82, 2.24) is 10.2 Å². The average molecular weight is 383 g/mol. The standard InChI is InChI=1S/C17H19F2N3O5/c1-17(2)15(25)22(16(26)21-17)8-4-7-13(24)27-9-12(23)20-14-10(18)5-3-6-11(14)19/h3,5-6H,4,7-9H2,1-2H3,(H,20,23)(H,21,26). The lowest BCUT2D eigenvalue weighted by Crippen LogP contribution is -2.40. The number of hydrogen-bond donors (Lipinski definition) is 2. The highest BCUT2D eigenvalue weighted by Gasteiger charge is 2.43. The van der Waals surface area contributed by atoms with Crippen LogP contribution in [0.4, 0.5) is 19.3 Å². The molecule has 1 heterocycles. The first-order valence-electron chi connectivity index (χ1n) is 8.15. The normalized spacial score (nSPS) is 15.5. The van der Waals surface area contributed by atoms with Crippen molar-refractivity contribution in [1.29, 1.82) is 0 Å². The molecule has 0 saturated carbocycles. The Morgan fingerprint density at radius 2 is 1.85 bits per heavy atom. The minimum Gasteiger partial charge on any atom is -0.456 e. The van der Waals surface area contributed by atoms with Gasteiger partial charge in [-0.3, -0.25) is 19.3 Å². The van der Waals surface area contributed by atoms with E-state index in [1.165, 1.54) is 0 Å². The van der Waals surface area contributed by atoms with E-state index in [1.54, 1.807) is 13.8 Å². The van der Waals surface area contributed by atoms with Gasteiger partial charge in [0.05, 0.1) is 0 Å². The van der Waals surface area contributed by atoms with Crippen molar-refractivity contribution in [3.8, 4) is 0 Å². The number of para-hydroxylation sites is 1. The molecule has 0 spiro atoms. The van der Waals surface area contributed by atoms with Gasteiger partial charge in [0.2, 0.25) is 0 Å². The summed E-state index contributed by atoms with van der Waals surface area (Å²) in [5, 5.41) is 4.49. The van der Waals surface area contributed by atoms with E-state index in [-0.39, 0.29) is 19.4 Å². The summed E-state index contributed by atoms with van der Waals surface area (Å²) < 4.78 is 31.5. The van der Waals surface area contributed by atoms with Crippen molar-refractivity contribution in [3.63, 3.8) is 0 Å². The van der Waals surface area contributed by atoms with E-state index in [9.17, 15) is 28.0 Å². The van der Waals surface area contributed by atoms with Gasteiger partial charge < -0.3 is 15.4 Å². The lowest BCUT2D eigenvalue weighted by Gasteiger charge is -2.15. The van der Waals surface area contributed by atoms with E-state index in [2.05, 4.69) is 5.32 Å². The van der Waals surface area contributed by atoms with E-state index in [0.29, 0.717) is 0 Å². The summed E-state index contributed by atoms with van der Waals surface area (Å²) in [5.74, 6) is -3.95. The number of urea groups is 1. The summed E-state index contributed by atoms with van der Waals surface area (Å²) in [7, 11) is 0. The van der Waals surface area contributed by atoms with E-state index >= 15 is 0 Å². The van der Waals surface area contributed by atoms with Gasteiger partial charge in [-0.2, -0.15) is 0 Å². The molecule has 2 rings (SSSR count). The quantitative estimate of drug-likeness (QED) is 0.549. The number of ether oxygens (including phenoxy) is 1. The van der Waals surface area contributed by atoms with Gasteiger partial charge >= 0.3 is 12.0 Å². The summed E-state index contributed by atoms with van der Waals surface area (Å²) >= 11 is 0. The molecule has 10 heteroatoms. The van der Waals surface area contributed by atoms with Crippen molar-refractivity contribution in [2.75, 3.05) is 18.5 Å². The van der Waals surface area contributed by atoms with Crippen LogP contribution in [0, 0.1) is 11.6 Å². The maximum atomic E-state index is 13.4. The lowest BCUT2D eigenvalue weighted by atomic mass is 10.1. The van der Waals surface area contributed by atoms with Gasteiger partial charge in [0.15, 0.2) is 6.61 Å². The van der Waals surface area contributed by atoms with Crippen molar-refractivity contribution in [2.24, 2.45) is 0 Å². The molecule has 2 N–H and O–H groups in total. The largest absolute Gasteiger partial charge is 0.456 e. The Bertz CT molecular complexity index is 762. The highest BCUT2D eigenvalue weighted by atomic mass is 19.1. The Kier molecular flexibility index (Phi) is 6.09. The van der Waals surface area contributed by atoms with E-state index in [4.69, 9.17) is 4.74 Å². The molecule has 0 atom stereocenters. The number of nitrogens with zero attached hydrogens (tertiary/aromatic N) is 1. The number of rotatable bonds is 7. The number of amides is 4. The molecule has 8 nitrogen and oxygen atoms in total. The smallest absolute Gasteiger partial charge is 0.325 e. The van der Waals surface area contributed by atoms with Crippen molar-refractivity contribution in [3.05, 3.63) is 29.8 Å². The first kappa shape index (κ1) is 20.3. The third kappa shape index (κ3) is 4.99. The first-order valence-corrected chi connectivity index (χ1v) is 8.15. The van der Waals surface area contributed by atoms with Gasteiger partial charge in [0.1, 0.15) is 22.9 Å². The first-order chi connectivity index (χ1) is 12.6. The van der Waals surface area contributed by atoms with Gasteiger partial charge in [-0.25, -0.2) is 13.6 Å². The molecule has 4 amide bonds. The molecule has 1 aliphatic rings. The number of esters is 1. The molecule has 0 unspecified atom stereocenters. The Labute approximate surface area is 153 Å². The van der Waals surface area contributed by atoms with E-state index < -0.39 is 53.3 Å². The van der Waals surface area contributed by atoms with Crippen molar-refractivity contribution >= 4 is 29.5 Å². The summed E-state index contributed by atoms with van der Waals surface area (Å²) in [4.78, 5) is 47.9. The molecule has 1 saturated heterocycles. The summed E-state index contributed by atoms with van der Waals surface area (Å²) in [5.41, 5.74) is -1.61. The molecule has 0 bridgehead atoms. The van der Waals surface area contributed by atoms with Gasteiger partial charge in [0.25, 0.3) is 11.8 Å². The van der Waals surface area contributed by atoms with Gasteiger partial charge in [-0.1, -0.05) is 6.07 Å². The molecule has 1 aromatic carbocycles. The Morgan fingerprint density at radius 1 is 1.22 bits per heavy atom. The molecule has 27 heavy (non-hydrogen) atoms. The van der Waals surface area contributed by atoms with Crippen LogP contribution >= 0.6 is 0 Å². The summed E-state index contributed by atoms with van der Waals surface area (Å²) in [6.45, 7) is 2.44. The van der Waals surface area contributed by atoms with Crippen LogP contribution in [-0.2, 0) is 19.1 Å². The Hall–Kier alpha value is -3.04. The van der Waals surface area contributed by atoms with Crippen LogP contribution in [0.1, 0.15) is 26.7 Å². The Balaban J connectivity index is 1.73. The predicted octanol–water partition coefficient (Wildman–Crippen LogP) is 1.56. The second-order valence-electron chi connectivity index (χ2n) is 6.42. The summed E-state index contributed by atoms with van der Waals surface area (Å²) in [6.07, 6.45) is 0.0104. The fraction of sp³-hybridized carbons (Fsp3) is 0.412. The number of imide groups is 1. The number of carbonyl (C=O) groups excluding carboxylic acids is 4. The van der Waals surface area contributed by atoms with Crippen LogP contribution in [0.2, 0.25) is 0 Å². The fourth-order valence-electron chi connectivity index (χ4n) is 2.41. The van der Waals surface area contributed by atoms with Gasteiger partial charge in [-0.05, 0) is 32.4 Å². The maximum Gasteiger partial charge on any atom is 0.325 e. The number of nitrogens with one attached hydrogen (secondary N) is 2. The van der Waals surface area contributed by atoms with Crippen molar-refractivity contribution in [2.45, 2.75) is 32.2 Å². The lowest BCUT2D eigenvalue weighted by molar-refractivity contribution is -0.147. The molecular formula is C17H19F2N3O5. The zero-order chi connectivity index (χ0) is 20.2. The predicted molar refractivity (Wildman–Crippen MR) is 89.5 cm³/mol. The van der Waals surface area contributed by atoms with Crippen LogP contribution in [0.5, 0.6) is 0 Å². The maximum absolute atomic E-state index is 13.4. The fourth-order valence-corrected chi connectivity index (χ4v) is 2.41. The third-order valence-corrected chi connectivity index (χ3v) is 3.80. The van der Waals surface area contributed by atoms with E-state index in [0.717, 1.165) is 23.1 Å². The monoisotopic (exact) mass is 383 g/mol. The second-order valence-corrected chi connectivity index (χ2v) is 6.42. The number of benzene rings is 1. The molecule has 1 aromatic rings. The zero-order valence-corrected chi connectivity index (χ0v) is 14.8. The van der Waals surface area contributed by atoms with E-state index in [1.807, 2.05) is 5.32 Å². The molecular weight excluding hydrogens is 364 g/mol. The highest BCUT2D eigenvalue weighted by Crippen LogP contribution is 2.18.